The summed E-state index contributed by atoms with van der Waals surface area (Å²) < 4.78 is 23.0. The molecule has 0 atom stereocenters. The van der Waals surface area contributed by atoms with Gasteiger partial charge in [-0.2, -0.15) is 0 Å². The van der Waals surface area contributed by atoms with Crippen molar-refractivity contribution in [2.75, 3.05) is 24.7 Å². The van der Waals surface area contributed by atoms with Crippen LogP contribution in [0.2, 0.25) is 0 Å². The highest BCUT2D eigenvalue weighted by Crippen LogP contribution is 2.34. The molecule has 0 spiro atoms. The molecular weight excluding hydrogens is 460 g/mol. The quantitative estimate of drug-likeness (QED) is 0.225. The molecular formula is C28H28N2O4S. The molecule has 4 rings (SSSR count). The van der Waals surface area contributed by atoms with E-state index in [9.17, 15) is 0 Å². The zero-order valence-electron chi connectivity index (χ0n) is 19.7. The van der Waals surface area contributed by atoms with E-state index in [0.29, 0.717) is 47.6 Å². The summed E-state index contributed by atoms with van der Waals surface area (Å²) >= 11 is 1.66. The highest BCUT2D eigenvalue weighted by Gasteiger charge is 2.07. The van der Waals surface area contributed by atoms with Crippen LogP contribution in [0, 0.1) is 0 Å². The number of anilines is 2. The predicted molar refractivity (Wildman–Crippen MR) is 141 cm³/mol. The van der Waals surface area contributed by atoms with Crippen molar-refractivity contribution in [2.24, 2.45) is 0 Å². The number of hydrogen-bond acceptors (Lipinski definition) is 7. The third kappa shape index (κ3) is 6.55. The maximum Gasteiger partial charge on any atom is 0.145 e. The first-order chi connectivity index (χ1) is 17.0. The zero-order valence-corrected chi connectivity index (χ0v) is 20.5. The van der Waals surface area contributed by atoms with Gasteiger partial charge in [-0.05, 0) is 86.6 Å². The van der Waals surface area contributed by atoms with Crippen molar-refractivity contribution in [3.63, 3.8) is 0 Å². The Morgan fingerprint density at radius 2 is 0.914 bits per heavy atom. The van der Waals surface area contributed by atoms with E-state index in [-0.39, 0.29) is 0 Å². The van der Waals surface area contributed by atoms with E-state index >= 15 is 0 Å². The van der Waals surface area contributed by atoms with E-state index in [4.69, 9.17) is 30.4 Å². The summed E-state index contributed by atoms with van der Waals surface area (Å²) in [4.78, 5) is 2.19. The SMILES string of the molecule is CCOc1cc(Oc2ccc(Sc3ccc(Oc4ccc(N)c(OCC)c4)cc3)cc2)ccc1N. The third-order valence-electron chi connectivity index (χ3n) is 4.92. The maximum absolute atomic E-state index is 5.95. The van der Waals surface area contributed by atoms with Crippen LogP contribution < -0.4 is 30.4 Å². The Labute approximate surface area is 209 Å². The lowest BCUT2D eigenvalue weighted by atomic mass is 10.2. The third-order valence-corrected chi connectivity index (χ3v) is 5.94. The van der Waals surface area contributed by atoms with Crippen LogP contribution in [0.3, 0.4) is 0 Å². The lowest BCUT2D eigenvalue weighted by Gasteiger charge is -2.11. The van der Waals surface area contributed by atoms with Crippen LogP contribution in [0.1, 0.15) is 13.8 Å². The van der Waals surface area contributed by atoms with Gasteiger partial charge in [0.05, 0.1) is 24.6 Å². The molecule has 7 heteroatoms. The van der Waals surface area contributed by atoms with Crippen LogP contribution in [-0.4, -0.2) is 13.2 Å². The van der Waals surface area contributed by atoms with Crippen molar-refractivity contribution in [1.29, 1.82) is 0 Å². The molecule has 6 nitrogen and oxygen atoms in total. The molecule has 0 saturated carbocycles. The lowest BCUT2D eigenvalue weighted by Crippen LogP contribution is -1.97. The Bertz CT molecular complexity index is 1160. The first-order valence-corrected chi connectivity index (χ1v) is 12.1. The zero-order chi connectivity index (χ0) is 24.6. The first-order valence-electron chi connectivity index (χ1n) is 11.3. The Balaban J connectivity index is 1.36. The Morgan fingerprint density at radius 3 is 1.29 bits per heavy atom. The van der Waals surface area contributed by atoms with Crippen LogP contribution in [0.15, 0.2) is 94.7 Å². The average Bonchev–Trinajstić information content (AvgIpc) is 2.86. The Morgan fingerprint density at radius 1 is 0.543 bits per heavy atom. The summed E-state index contributed by atoms with van der Waals surface area (Å²) in [6.07, 6.45) is 0. The van der Waals surface area contributed by atoms with E-state index in [1.807, 2.05) is 74.5 Å². The molecule has 0 unspecified atom stereocenters. The van der Waals surface area contributed by atoms with E-state index in [2.05, 4.69) is 0 Å². The van der Waals surface area contributed by atoms with E-state index in [0.717, 1.165) is 21.3 Å². The van der Waals surface area contributed by atoms with Crippen molar-refractivity contribution in [3.8, 4) is 34.5 Å². The average molecular weight is 489 g/mol. The number of hydrogen-bond donors (Lipinski definition) is 2. The van der Waals surface area contributed by atoms with Crippen molar-refractivity contribution in [2.45, 2.75) is 23.6 Å². The van der Waals surface area contributed by atoms with Gasteiger partial charge in [-0.3, -0.25) is 0 Å². The van der Waals surface area contributed by atoms with Crippen LogP contribution in [0.4, 0.5) is 11.4 Å². The highest BCUT2D eigenvalue weighted by molar-refractivity contribution is 7.99. The fourth-order valence-electron chi connectivity index (χ4n) is 3.28. The predicted octanol–water partition coefficient (Wildman–Crippen LogP) is 7.38. The second kappa shape index (κ2) is 11.4. The molecule has 180 valence electrons. The lowest BCUT2D eigenvalue weighted by molar-refractivity contribution is 0.340. The van der Waals surface area contributed by atoms with Gasteiger partial charge in [0.1, 0.15) is 34.5 Å². The van der Waals surface area contributed by atoms with Crippen LogP contribution in [0.5, 0.6) is 34.5 Å². The van der Waals surface area contributed by atoms with Gasteiger partial charge in [0.25, 0.3) is 0 Å². The molecule has 0 radical (unpaired) electrons. The molecule has 0 amide bonds. The van der Waals surface area contributed by atoms with Crippen LogP contribution in [0.25, 0.3) is 0 Å². The van der Waals surface area contributed by atoms with Crippen molar-refractivity contribution in [1.82, 2.24) is 0 Å². The molecule has 0 saturated heterocycles. The summed E-state index contributed by atoms with van der Waals surface area (Å²) in [5.41, 5.74) is 13.0. The maximum atomic E-state index is 5.95. The monoisotopic (exact) mass is 488 g/mol. The fourth-order valence-corrected chi connectivity index (χ4v) is 4.09. The van der Waals surface area contributed by atoms with Gasteiger partial charge in [-0.25, -0.2) is 0 Å². The minimum atomic E-state index is 0.545. The largest absolute Gasteiger partial charge is 0.492 e. The van der Waals surface area contributed by atoms with Gasteiger partial charge in [0.2, 0.25) is 0 Å². The smallest absolute Gasteiger partial charge is 0.145 e. The van der Waals surface area contributed by atoms with Crippen LogP contribution in [-0.2, 0) is 0 Å². The number of rotatable bonds is 10. The van der Waals surface area contributed by atoms with Gasteiger partial charge >= 0.3 is 0 Å². The van der Waals surface area contributed by atoms with Gasteiger partial charge in [-0.15, -0.1) is 0 Å². The van der Waals surface area contributed by atoms with Crippen molar-refractivity contribution in [3.05, 3.63) is 84.9 Å². The molecule has 4 aromatic rings. The summed E-state index contributed by atoms with van der Waals surface area (Å²) in [7, 11) is 0. The van der Waals surface area contributed by atoms with Crippen molar-refractivity contribution >= 4 is 23.1 Å². The Hall–Kier alpha value is -3.97. The molecule has 35 heavy (non-hydrogen) atoms. The normalized spacial score (nSPS) is 10.6. The second-order valence-electron chi connectivity index (χ2n) is 7.51. The summed E-state index contributed by atoms with van der Waals surface area (Å²) in [5, 5.41) is 0. The minimum Gasteiger partial charge on any atom is -0.492 e. The summed E-state index contributed by atoms with van der Waals surface area (Å²) in [6, 6.07) is 26.7. The van der Waals surface area contributed by atoms with Crippen LogP contribution >= 0.6 is 11.8 Å². The van der Waals surface area contributed by atoms with Crippen molar-refractivity contribution < 1.29 is 18.9 Å². The van der Waals surface area contributed by atoms with E-state index in [1.165, 1.54) is 0 Å². The molecule has 0 aliphatic rings. The highest BCUT2D eigenvalue weighted by atomic mass is 32.2. The molecule has 4 N–H and O–H groups in total. The first kappa shape index (κ1) is 24.2. The number of benzene rings is 4. The van der Waals surface area contributed by atoms with E-state index < -0.39 is 0 Å². The topological polar surface area (TPSA) is 89.0 Å². The molecule has 4 aromatic carbocycles. The van der Waals surface area contributed by atoms with Gasteiger partial charge < -0.3 is 30.4 Å². The second-order valence-corrected chi connectivity index (χ2v) is 8.66. The van der Waals surface area contributed by atoms with E-state index in [1.54, 1.807) is 36.0 Å². The number of ether oxygens (including phenoxy) is 4. The molecule has 0 aromatic heterocycles. The molecule has 0 heterocycles. The number of nitrogen functional groups attached to an aromatic ring is 2. The van der Waals surface area contributed by atoms with Gasteiger partial charge in [-0.1, -0.05) is 11.8 Å². The summed E-state index contributed by atoms with van der Waals surface area (Å²) in [5.74, 6) is 4.06. The minimum absolute atomic E-state index is 0.545. The number of nitrogens with two attached hydrogens (primary N) is 2. The van der Waals surface area contributed by atoms with Gasteiger partial charge in [0, 0.05) is 21.9 Å². The molecule has 0 aliphatic carbocycles. The molecule has 0 bridgehead atoms. The Kier molecular flexibility index (Phi) is 7.90. The molecule has 0 fully saturated rings. The summed E-state index contributed by atoms with van der Waals surface area (Å²) in [6.45, 7) is 4.93. The van der Waals surface area contributed by atoms with Gasteiger partial charge in [0.15, 0.2) is 0 Å². The standard InChI is InChI=1S/C28H28N2O4S/c1-3-31-27-17-21(9-15-25(27)29)33-19-5-11-23(12-6-19)35-24-13-7-20(8-14-24)34-22-10-16-26(30)28(18-22)32-4-2/h5-18H,3-4,29-30H2,1-2H3. The molecule has 0 aliphatic heterocycles. The fraction of sp³-hybridized carbons (Fsp3) is 0.143.